The molecule has 1 saturated heterocycles. The molecule has 0 unspecified atom stereocenters. The van der Waals surface area contributed by atoms with Crippen molar-refractivity contribution in [1.82, 2.24) is 5.32 Å². The van der Waals surface area contributed by atoms with Crippen molar-refractivity contribution in [1.29, 1.82) is 0 Å². The summed E-state index contributed by atoms with van der Waals surface area (Å²) in [7, 11) is 1.43. The van der Waals surface area contributed by atoms with Gasteiger partial charge in [-0.25, -0.2) is 14.0 Å². The van der Waals surface area contributed by atoms with Crippen molar-refractivity contribution >= 4 is 23.6 Å². The van der Waals surface area contributed by atoms with E-state index in [0.29, 0.717) is 11.1 Å². The van der Waals surface area contributed by atoms with E-state index in [9.17, 15) is 23.6 Å². The topological polar surface area (TPSA) is 126 Å². The number of ketones is 1. The van der Waals surface area contributed by atoms with E-state index in [1.165, 1.54) is 50.4 Å². The molecule has 0 spiro atoms. The Morgan fingerprint density at radius 2 is 1.41 bits per heavy atom. The number of hydrogen-bond acceptors (Lipinski definition) is 9. The lowest BCUT2D eigenvalue weighted by Gasteiger charge is -2.48. The first kappa shape index (κ1) is 34.9. The van der Waals surface area contributed by atoms with E-state index in [0.717, 1.165) is 0 Å². The number of rotatable bonds is 11. The maximum Gasteiger partial charge on any atom is 0.338 e. The zero-order valence-corrected chi connectivity index (χ0v) is 27.4. The number of benzene rings is 4. The quantitative estimate of drug-likeness (QED) is 0.156. The third-order valence-corrected chi connectivity index (χ3v) is 7.93. The van der Waals surface area contributed by atoms with Crippen molar-refractivity contribution in [3.05, 3.63) is 126 Å². The van der Waals surface area contributed by atoms with Crippen LogP contribution in [0.3, 0.4) is 0 Å². The lowest BCUT2D eigenvalue weighted by molar-refractivity contribution is -0.304. The number of nitrogens with one attached hydrogen (secondary N) is 1. The lowest BCUT2D eigenvalue weighted by Crippen LogP contribution is -2.66. The molecule has 0 bridgehead atoms. The molecule has 0 aromatic heterocycles. The molecule has 1 aliphatic rings. The summed E-state index contributed by atoms with van der Waals surface area (Å²) in [6.07, 6.45) is -4.83. The fraction of sp³-hybridized carbons (Fsp3) is 0.263. The molecule has 1 heterocycles. The predicted octanol–water partition coefficient (Wildman–Crippen LogP) is 5.79. The van der Waals surface area contributed by atoms with Crippen molar-refractivity contribution in [2.75, 3.05) is 13.7 Å². The van der Waals surface area contributed by atoms with Gasteiger partial charge in [-0.05, 0) is 79.6 Å². The minimum atomic E-state index is -1.36. The standard InChI is InChI=1S/C38H36FNO9/c1-23(41)40-22-31(42)29-19-18-28(21-30(29)26-16-11-17-27(39)20-26)46-37-33(48-36(44)25-14-9-6-10-15-25)32(34(45-4)38(2,3)49-37)47-35(43)24-12-7-5-8-13-24/h5-21,32-34,37H,22H2,1-4H3,(H,40,41)/t32-,33+,34+,37+/m0/s1. The zero-order valence-electron chi connectivity index (χ0n) is 27.4. The van der Waals surface area contributed by atoms with E-state index in [2.05, 4.69) is 5.32 Å². The Balaban J connectivity index is 1.55. The Labute approximate surface area is 283 Å². The summed E-state index contributed by atoms with van der Waals surface area (Å²) in [5.74, 6) is -2.56. The summed E-state index contributed by atoms with van der Waals surface area (Å²) in [4.78, 5) is 51.5. The minimum absolute atomic E-state index is 0.168. The van der Waals surface area contributed by atoms with Crippen LogP contribution in [0.5, 0.6) is 5.75 Å². The van der Waals surface area contributed by atoms with Gasteiger partial charge in [-0.15, -0.1) is 0 Å². The number of Topliss-reactive ketones (excluding diaryl/α,β-unsaturated/α-hetero) is 1. The second-order valence-electron chi connectivity index (χ2n) is 11.9. The van der Waals surface area contributed by atoms with Crippen LogP contribution in [0.25, 0.3) is 11.1 Å². The molecule has 0 saturated carbocycles. The Hall–Kier alpha value is -5.39. The maximum atomic E-state index is 14.4. The highest BCUT2D eigenvalue weighted by Crippen LogP contribution is 2.38. The van der Waals surface area contributed by atoms with Gasteiger partial charge >= 0.3 is 11.9 Å². The van der Waals surface area contributed by atoms with Gasteiger partial charge in [-0.2, -0.15) is 0 Å². The van der Waals surface area contributed by atoms with Gasteiger partial charge in [0.15, 0.2) is 11.9 Å². The third kappa shape index (κ3) is 8.37. The number of ether oxygens (including phenoxy) is 5. The van der Waals surface area contributed by atoms with Crippen LogP contribution < -0.4 is 10.1 Å². The van der Waals surface area contributed by atoms with Gasteiger partial charge in [-0.3, -0.25) is 9.59 Å². The first-order valence-electron chi connectivity index (χ1n) is 15.5. The first-order valence-corrected chi connectivity index (χ1v) is 15.5. The third-order valence-electron chi connectivity index (χ3n) is 7.93. The van der Waals surface area contributed by atoms with Gasteiger partial charge in [0.1, 0.15) is 17.7 Å². The molecule has 1 fully saturated rings. The van der Waals surface area contributed by atoms with E-state index in [4.69, 9.17) is 23.7 Å². The van der Waals surface area contributed by atoms with E-state index >= 15 is 0 Å². The Morgan fingerprint density at radius 1 is 0.796 bits per heavy atom. The predicted molar refractivity (Wildman–Crippen MR) is 177 cm³/mol. The van der Waals surface area contributed by atoms with Crippen LogP contribution in [0.2, 0.25) is 0 Å². The van der Waals surface area contributed by atoms with E-state index < -0.39 is 53.7 Å². The second-order valence-corrected chi connectivity index (χ2v) is 11.9. The summed E-state index contributed by atoms with van der Waals surface area (Å²) in [6.45, 7) is 4.46. The van der Waals surface area contributed by atoms with Crippen LogP contribution in [0.4, 0.5) is 4.39 Å². The number of hydrogen-bond donors (Lipinski definition) is 1. The number of carbonyl (C=O) groups excluding carboxylic acids is 4. The number of amides is 1. The Bertz CT molecular complexity index is 1810. The molecule has 4 atom stereocenters. The smallest absolute Gasteiger partial charge is 0.338 e. The molecule has 4 aromatic carbocycles. The van der Waals surface area contributed by atoms with E-state index in [1.807, 2.05) is 0 Å². The fourth-order valence-electron chi connectivity index (χ4n) is 5.62. The van der Waals surface area contributed by atoms with Crippen molar-refractivity contribution in [3.63, 3.8) is 0 Å². The van der Waals surface area contributed by atoms with Crippen molar-refractivity contribution in [2.45, 2.75) is 51.0 Å². The van der Waals surface area contributed by atoms with Crippen molar-refractivity contribution < 1.29 is 47.3 Å². The molecule has 1 N–H and O–H groups in total. The monoisotopic (exact) mass is 669 g/mol. The molecule has 11 heteroatoms. The summed E-state index contributed by atoms with van der Waals surface area (Å²) in [5, 5.41) is 2.49. The van der Waals surface area contributed by atoms with Crippen LogP contribution in [0.1, 0.15) is 51.8 Å². The lowest BCUT2D eigenvalue weighted by atomic mass is 9.89. The fourth-order valence-corrected chi connectivity index (χ4v) is 5.62. The molecule has 0 radical (unpaired) electrons. The van der Waals surface area contributed by atoms with Gasteiger partial charge < -0.3 is 29.0 Å². The molecule has 10 nitrogen and oxygen atoms in total. The van der Waals surface area contributed by atoms with Gasteiger partial charge in [0, 0.05) is 19.6 Å². The molecular weight excluding hydrogens is 633 g/mol. The molecule has 254 valence electrons. The van der Waals surface area contributed by atoms with Gasteiger partial charge in [-0.1, -0.05) is 48.5 Å². The zero-order chi connectivity index (χ0) is 35.1. The van der Waals surface area contributed by atoms with Crippen LogP contribution >= 0.6 is 0 Å². The highest BCUT2D eigenvalue weighted by Gasteiger charge is 2.55. The molecule has 1 aliphatic heterocycles. The van der Waals surface area contributed by atoms with Gasteiger partial charge in [0.05, 0.1) is 23.3 Å². The van der Waals surface area contributed by atoms with Gasteiger partial charge in [0.25, 0.3) is 0 Å². The largest absolute Gasteiger partial charge is 0.461 e. The normalized spacial score (nSPS) is 19.7. The molecule has 0 aliphatic carbocycles. The summed E-state index contributed by atoms with van der Waals surface area (Å²) in [5.41, 5.74) is 0.272. The SMILES string of the molecule is CO[C@@H]1[C@@H](OC(=O)c2ccccc2)[C@@H](OC(=O)c2ccccc2)[C@H](Oc2ccc(C(=O)CNC(C)=O)c(-c3cccc(F)c3)c2)OC1(C)C. The highest BCUT2D eigenvalue weighted by atomic mass is 19.1. The van der Waals surface area contributed by atoms with Gasteiger partial charge in [0.2, 0.25) is 18.3 Å². The number of methoxy groups -OCH3 is 1. The average molecular weight is 670 g/mol. The van der Waals surface area contributed by atoms with Crippen molar-refractivity contribution in [3.8, 4) is 16.9 Å². The summed E-state index contributed by atoms with van der Waals surface area (Å²) >= 11 is 0. The first-order chi connectivity index (χ1) is 23.5. The summed E-state index contributed by atoms with van der Waals surface area (Å²) in [6, 6.07) is 26.8. The molecule has 49 heavy (non-hydrogen) atoms. The Morgan fingerprint density at radius 3 is 1.98 bits per heavy atom. The van der Waals surface area contributed by atoms with Crippen LogP contribution in [0.15, 0.2) is 103 Å². The number of halogens is 1. The molecular formula is C38H36FNO9. The molecule has 1 amide bonds. The number of carbonyl (C=O) groups is 4. The molecule has 5 rings (SSSR count). The van der Waals surface area contributed by atoms with Crippen LogP contribution in [0, 0.1) is 5.82 Å². The van der Waals surface area contributed by atoms with Crippen LogP contribution in [-0.4, -0.2) is 67.5 Å². The average Bonchev–Trinajstić information content (AvgIpc) is 3.09. The van der Waals surface area contributed by atoms with Crippen molar-refractivity contribution in [2.24, 2.45) is 0 Å². The number of esters is 2. The highest BCUT2D eigenvalue weighted by molar-refractivity contribution is 6.04. The van der Waals surface area contributed by atoms with Crippen LogP contribution in [-0.2, 0) is 23.7 Å². The Kier molecular flexibility index (Phi) is 10.9. The molecule has 4 aromatic rings. The summed E-state index contributed by atoms with van der Waals surface area (Å²) < 4.78 is 44.9. The van der Waals surface area contributed by atoms with E-state index in [-0.39, 0.29) is 34.9 Å². The minimum Gasteiger partial charge on any atom is -0.461 e. The maximum absolute atomic E-state index is 14.4. The second kappa shape index (κ2) is 15.2. The van der Waals surface area contributed by atoms with E-state index in [1.54, 1.807) is 80.6 Å².